The topological polar surface area (TPSA) is 61.5 Å². The van der Waals surface area contributed by atoms with Gasteiger partial charge in [-0.25, -0.2) is 0 Å². The van der Waals surface area contributed by atoms with Crippen LogP contribution in [0.4, 0.5) is 5.69 Å². The van der Waals surface area contributed by atoms with E-state index in [1.165, 1.54) is 30.5 Å². The number of carbonyl (C=O) groups excluding carboxylic acids is 1. The van der Waals surface area contributed by atoms with Crippen LogP contribution >= 0.6 is 0 Å². The highest BCUT2D eigenvalue weighted by atomic mass is 16.5. The molecular weight excluding hydrogens is 376 g/mol. The standard InChI is InChI=1S/C24H28N4O2/c1-27(17-19-8-4-5-9-22(19)28-14-6-3-7-15-28)24(29)21-16-25-26-23(21)18-10-12-20(30-2)13-11-18/h4-5,8-13,16H,3,6-7,14-15,17H2,1-2H3,(H,25,26). The number of anilines is 1. The SMILES string of the molecule is COc1ccc(-c2[nH]ncc2C(=O)N(C)Cc2ccccc2N2CCCCC2)cc1. The fourth-order valence-corrected chi connectivity index (χ4v) is 4.05. The Morgan fingerprint density at radius 2 is 1.83 bits per heavy atom. The summed E-state index contributed by atoms with van der Waals surface area (Å²) in [6, 6.07) is 16.0. The lowest BCUT2D eigenvalue weighted by molar-refractivity contribution is 0.0786. The molecule has 2 aromatic carbocycles. The van der Waals surface area contributed by atoms with Crippen LogP contribution in [0.25, 0.3) is 11.3 Å². The summed E-state index contributed by atoms with van der Waals surface area (Å²) >= 11 is 0. The lowest BCUT2D eigenvalue weighted by Crippen LogP contribution is -2.32. The molecule has 0 saturated carbocycles. The first-order chi connectivity index (χ1) is 14.7. The molecule has 0 radical (unpaired) electrons. The zero-order valence-corrected chi connectivity index (χ0v) is 17.6. The van der Waals surface area contributed by atoms with Crippen LogP contribution in [-0.4, -0.2) is 48.3 Å². The second-order valence-corrected chi connectivity index (χ2v) is 7.72. The van der Waals surface area contributed by atoms with E-state index in [9.17, 15) is 4.79 Å². The van der Waals surface area contributed by atoms with Gasteiger partial charge in [0.25, 0.3) is 5.91 Å². The van der Waals surface area contributed by atoms with Crippen LogP contribution in [0, 0.1) is 0 Å². The van der Waals surface area contributed by atoms with Crippen molar-refractivity contribution in [2.24, 2.45) is 0 Å². The van der Waals surface area contributed by atoms with Crippen molar-refractivity contribution in [2.45, 2.75) is 25.8 Å². The first kappa shape index (κ1) is 20.0. The van der Waals surface area contributed by atoms with Crippen LogP contribution < -0.4 is 9.64 Å². The molecule has 2 heterocycles. The summed E-state index contributed by atoms with van der Waals surface area (Å²) < 4.78 is 5.23. The molecule has 30 heavy (non-hydrogen) atoms. The quantitative estimate of drug-likeness (QED) is 0.664. The molecule has 1 saturated heterocycles. The van der Waals surface area contributed by atoms with Crippen molar-refractivity contribution < 1.29 is 9.53 Å². The summed E-state index contributed by atoms with van der Waals surface area (Å²) in [4.78, 5) is 17.4. The number of piperidine rings is 1. The maximum absolute atomic E-state index is 13.2. The highest BCUT2D eigenvalue weighted by Gasteiger charge is 2.21. The molecule has 156 valence electrons. The molecule has 0 bridgehead atoms. The van der Waals surface area contributed by atoms with E-state index in [1.807, 2.05) is 37.4 Å². The minimum Gasteiger partial charge on any atom is -0.497 e. The van der Waals surface area contributed by atoms with Crippen LogP contribution in [0.5, 0.6) is 5.75 Å². The van der Waals surface area contributed by atoms with E-state index in [1.54, 1.807) is 18.2 Å². The Labute approximate surface area is 177 Å². The molecular formula is C24H28N4O2. The minimum atomic E-state index is -0.0528. The van der Waals surface area contributed by atoms with Crippen molar-refractivity contribution in [3.05, 3.63) is 65.9 Å². The molecule has 1 fully saturated rings. The molecule has 3 aromatic rings. The number of carbonyl (C=O) groups is 1. The molecule has 1 N–H and O–H groups in total. The Morgan fingerprint density at radius 1 is 1.10 bits per heavy atom. The van der Waals surface area contributed by atoms with Crippen LogP contribution in [0.1, 0.15) is 35.2 Å². The van der Waals surface area contributed by atoms with Gasteiger partial charge in [-0.1, -0.05) is 18.2 Å². The monoisotopic (exact) mass is 404 g/mol. The van der Waals surface area contributed by atoms with Crippen molar-refractivity contribution in [3.8, 4) is 17.0 Å². The molecule has 1 aliphatic heterocycles. The predicted molar refractivity (Wildman–Crippen MR) is 119 cm³/mol. The Kier molecular flexibility index (Phi) is 6.02. The Morgan fingerprint density at radius 3 is 2.57 bits per heavy atom. The lowest BCUT2D eigenvalue weighted by Gasteiger charge is -2.31. The van der Waals surface area contributed by atoms with Gasteiger partial charge in [-0.2, -0.15) is 5.10 Å². The zero-order chi connectivity index (χ0) is 20.9. The minimum absolute atomic E-state index is 0.0528. The van der Waals surface area contributed by atoms with Crippen molar-refractivity contribution in [2.75, 3.05) is 32.1 Å². The van der Waals surface area contributed by atoms with Gasteiger partial charge < -0.3 is 14.5 Å². The summed E-state index contributed by atoms with van der Waals surface area (Å²) in [7, 11) is 3.48. The largest absolute Gasteiger partial charge is 0.497 e. The molecule has 6 heteroatoms. The van der Waals surface area contributed by atoms with Crippen molar-refractivity contribution in [1.82, 2.24) is 15.1 Å². The van der Waals surface area contributed by atoms with Crippen LogP contribution in [0.15, 0.2) is 54.7 Å². The number of methoxy groups -OCH3 is 1. The molecule has 0 spiro atoms. The number of benzene rings is 2. The molecule has 0 unspecified atom stereocenters. The third kappa shape index (κ3) is 4.17. The molecule has 1 amide bonds. The lowest BCUT2D eigenvalue weighted by atomic mass is 10.1. The van der Waals surface area contributed by atoms with Gasteiger partial charge in [0.2, 0.25) is 0 Å². The van der Waals surface area contributed by atoms with Crippen LogP contribution in [-0.2, 0) is 6.54 Å². The van der Waals surface area contributed by atoms with Gasteiger partial charge in [-0.15, -0.1) is 0 Å². The first-order valence-electron chi connectivity index (χ1n) is 10.4. The number of nitrogens with one attached hydrogen (secondary N) is 1. The van der Waals surface area contributed by atoms with Crippen LogP contribution in [0.3, 0.4) is 0 Å². The zero-order valence-electron chi connectivity index (χ0n) is 17.6. The molecule has 0 aliphatic carbocycles. The fraction of sp³-hybridized carbons (Fsp3) is 0.333. The number of hydrogen-bond acceptors (Lipinski definition) is 4. The van der Waals surface area contributed by atoms with Gasteiger partial charge in [0, 0.05) is 37.9 Å². The number of aromatic amines is 1. The number of amides is 1. The molecule has 6 nitrogen and oxygen atoms in total. The van der Waals surface area contributed by atoms with E-state index in [0.29, 0.717) is 12.1 Å². The van der Waals surface area contributed by atoms with Gasteiger partial charge in [-0.05, 0) is 55.2 Å². The molecule has 0 atom stereocenters. The van der Waals surface area contributed by atoms with Crippen molar-refractivity contribution in [3.63, 3.8) is 0 Å². The van der Waals surface area contributed by atoms with E-state index in [4.69, 9.17) is 4.74 Å². The number of H-pyrrole nitrogens is 1. The maximum Gasteiger partial charge on any atom is 0.257 e. The average molecular weight is 405 g/mol. The van der Waals surface area contributed by atoms with Crippen molar-refractivity contribution >= 4 is 11.6 Å². The summed E-state index contributed by atoms with van der Waals surface area (Å²) in [6.07, 6.45) is 5.35. The second kappa shape index (κ2) is 9.03. The number of nitrogens with zero attached hydrogens (tertiary/aromatic N) is 3. The van der Waals surface area contributed by atoms with Crippen LogP contribution in [0.2, 0.25) is 0 Å². The van der Waals surface area contributed by atoms with E-state index in [-0.39, 0.29) is 5.91 Å². The summed E-state index contributed by atoms with van der Waals surface area (Å²) in [5, 5.41) is 7.11. The predicted octanol–water partition coefficient (Wildman–Crippen LogP) is 4.35. The van der Waals surface area contributed by atoms with Gasteiger partial charge in [0.05, 0.1) is 24.6 Å². The number of hydrogen-bond donors (Lipinski definition) is 1. The number of aromatic nitrogens is 2. The molecule has 4 rings (SSSR count). The third-order valence-corrected chi connectivity index (χ3v) is 5.69. The fourth-order valence-electron chi connectivity index (χ4n) is 4.05. The second-order valence-electron chi connectivity index (χ2n) is 7.72. The first-order valence-corrected chi connectivity index (χ1v) is 10.4. The normalized spacial score (nSPS) is 13.9. The summed E-state index contributed by atoms with van der Waals surface area (Å²) in [5.41, 5.74) is 4.60. The Bertz CT molecular complexity index is 990. The number of rotatable bonds is 6. The number of para-hydroxylation sites is 1. The third-order valence-electron chi connectivity index (χ3n) is 5.69. The summed E-state index contributed by atoms with van der Waals surface area (Å²) in [5.74, 6) is 0.723. The highest BCUT2D eigenvalue weighted by molar-refractivity contribution is 5.99. The van der Waals surface area contributed by atoms with Gasteiger partial charge in [-0.3, -0.25) is 9.89 Å². The van der Waals surface area contributed by atoms with Gasteiger partial charge in [0.15, 0.2) is 0 Å². The average Bonchev–Trinajstić information content (AvgIpc) is 3.29. The van der Waals surface area contributed by atoms with Crippen molar-refractivity contribution in [1.29, 1.82) is 0 Å². The Balaban J connectivity index is 1.54. The van der Waals surface area contributed by atoms with E-state index >= 15 is 0 Å². The Hall–Kier alpha value is -3.28. The molecule has 1 aliphatic rings. The van der Waals surface area contributed by atoms with E-state index in [2.05, 4.69) is 33.3 Å². The number of ether oxygens (including phenoxy) is 1. The van der Waals surface area contributed by atoms with E-state index < -0.39 is 0 Å². The van der Waals surface area contributed by atoms with Gasteiger partial charge in [0.1, 0.15) is 5.75 Å². The van der Waals surface area contributed by atoms with Gasteiger partial charge >= 0.3 is 0 Å². The molecule has 1 aromatic heterocycles. The maximum atomic E-state index is 13.2. The van der Waals surface area contributed by atoms with E-state index in [0.717, 1.165) is 30.1 Å². The summed E-state index contributed by atoms with van der Waals surface area (Å²) in [6.45, 7) is 2.72. The highest BCUT2D eigenvalue weighted by Crippen LogP contribution is 2.27. The smallest absolute Gasteiger partial charge is 0.257 e.